The number of hydrogen-bond acceptors (Lipinski definition) is 3. The van der Waals surface area contributed by atoms with Crippen LogP contribution in [-0.2, 0) is 15.0 Å². The summed E-state index contributed by atoms with van der Waals surface area (Å²) in [6.07, 6.45) is 0. The van der Waals surface area contributed by atoms with Crippen LogP contribution in [0.2, 0.25) is 0 Å². The van der Waals surface area contributed by atoms with Gasteiger partial charge < -0.3 is 10.6 Å². The van der Waals surface area contributed by atoms with E-state index in [4.69, 9.17) is 0 Å². The van der Waals surface area contributed by atoms with Crippen molar-refractivity contribution in [1.82, 2.24) is 10.2 Å². The number of imide groups is 1. The summed E-state index contributed by atoms with van der Waals surface area (Å²) >= 11 is 0. The highest BCUT2D eigenvalue weighted by Crippen LogP contribution is 2.29. The highest BCUT2D eigenvalue weighted by molar-refractivity contribution is 6.08. The number of urea groups is 1. The Morgan fingerprint density at radius 2 is 1.88 bits per heavy atom. The molecule has 6 heteroatoms. The lowest BCUT2D eigenvalue weighted by Gasteiger charge is -2.23. The van der Waals surface area contributed by atoms with Crippen molar-refractivity contribution < 1.29 is 14.4 Å². The summed E-state index contributed by atoms with van der Waals surface area (Å²) in [5.41, 5.74) is 1.56. The minimum atomic E-state index is -0.563. The predicted octanol–water partition coefficient (Wildman–Crippen LogP) is 2.50. The minimum Gasteiger partial charge on any atom is -0.326 e. The van der Waals surface area contributed by atoms with Gasteiger partial charge in [0.2, 0.25) is 5.91 Å². The van der Waals surface area contributed by atoms with Gasteiger partial charge in [0.1, 0.15) is 12.6 Å². The second kappa shape index (κ2) is 6.63. The van der Waals surface area contributed by atoms with Crippen molar-refractivity contribution in [3.63, 3.8) is 0 Å². The molecule has 1 saturated heterocycles. The maximum absolute atomic E-state index is 12.3. The van der Waals surface area contributed by atoms with Crippen LogP contribution in [0.5, 0.6) is 0 Å². The molecule has 0 spiro atoms. The average molecular weight is 331 g/mol. The van der Waals surface area contributed by atoms with Gasteiger partial charge in [-0.15, -0.1) is 0 Å². The Morgan fingerprint density at radius 1 is 1.25 bits per heavy atom. The van der Waals surface area contributed by atoms with Gasteiger partial charge in [-0.25, -0.2) is 4.79 Å². The number of para-hydroxylation sites is 1. The Kier molecular flexibility index (Phi) is 4.96. The van der Waals surface area contributed by atoms with E-state index in [9.17, 15) is 14.4 Å². The number of nitrogens with zero attached hydrogens (tertiary/aromatic N) is 1. The first kappa shape index (κ1) is 18.0. The molecular formula is C18H25N3O3. The third-order valence-electron chi connectivity index (χ3n) is 4.03. The molecule has 1 atom stereocenters. The predicted molar refractivity (Wildman–Crippen MR) is 92.6 cm³/mol. The Balaban J connectivity index is 2.10. The zero-order chi connectivity index (χ0) is 18.1. The van der Waals surface area contributed by atoms with E-state index in [1.165, 1.54) is 0 Å². The van der Waals surface area contributed by atoms with Gasteiger partial charge in [-0.2, -0.15) is 0 Å². The summed E-state index contributed by atoms with van der Waals surface area (Å²) in [4.78, 5) is 37.5. The Morgan fingerprint density at radius 3 is 2.42 bits per heavy atom. The molecule has 0 bridgehead atoms. The van der Waals surface area contributed by atoms with Crippen molar-refractivity contribution in [2.75, 3.05) is 11.9 Å². The SMILES string of the molecule is CC(C)C1NC(=O)N(CC(=O)Nc2ccccc2C(C)(C)C)C1=O. The summed E-state index contributed by atoms with van der Waals surface area (Å²) < 4.78 is 0. The van der Waals surface area contributed by atoms with E-state index >= 15 is 0 Å². The van der Waals surface area contributed by atoms with Gasteiger partial charge in [-0.3, -0.25) is 14.5 Å². The number of carbonyl (C=O) groups excluding carboxylic acids is 3. The van der Waals surface area contributed by atoms with E-state index in [2.05, 4.69) is 31.4 Å². The third-order valence-corrected chi connectivity index (χ3v) is 4.03. The minimum absolute atomic E-state index is 0.0175. The van der Waals surface area contributed by atoms with Gasteiger partial charge in [0, 0.05) is 5.69 Å². The molecule has 0 aromatic heterocycles. The number of hydrogen-bond donors (Lipinski definition) is 2. The van der Waals surface area contributed by atoms with Crippen LogP contribution >= 0.6 is 0 Å². The summed E-state index contributed by atoms with van der Waals surface area (Å²) in [6, 6.07) is 6.46. The lowest BCUT2D eigenvalue weighted by Crippen LogP contribution is -2.39. The smallest absolute Gasteiger partial charge is 0.325 e. The molecular weight excluding hydrogens is 306 g/mol. The Labute approximate surface area is 142 Å². The molecule has 1 aliphatic heterocycles. The van der Waals surface area contributed by atoms with Crippen LogP contribution in [0, 0.1) is 5.92 Å². The van der Waals surface area contributed by atoms with Crippen molar-refractivity contribution in [2.24, 2.45) is 5.92 Å². The standard InChI is InChI=1S/C18H25N3O3/c1-11(2)15-16(23)21(17(24)20-15)10-14(22)19-13-9-7-6-8-12(13)18(3,4)5/h6-9,11,15H,10H2,1-5H3,(H,19,22)(H,20,24). The van der Waals surface area contributed by atoms with Gasteiger partial charge >= 0.3 is 6.03 Å². The van der Waals surface area contributed by atoms with E-state index < -0.39 is 12.1 Å². The maximum atomic E-state index is 12.3. The van der Waals surface area contributed by atoms with Gasteiger partial charge in [-0.1, -0.05) is 52.8 Å². The lowest BCUT2D eigenvalue weighted by molar-refractivity contribution is -0.131. The third kappa shape index (κ3) is 3.75. The van der Waals surface area contributed by atoms with Crippen LogP contribution in [0.1, 0.15) is 40.2 Å². The van der Waals surface area contributed by atoms with Crippen LogP contribution in [0.4, 0.5) is 10.5 Å². The highest BCUT2D eigenvalue weighted by atomic mass is 16.2. The van der Waals surface area contributed by atoms with E-state index in [1.54, 1.807) is 0 Å². The molecule has 1 heterocycles. The molecule has 1 aromatic carbocycles. The Bertz CT molecular complexity index is 662. The van der Waals surface area contributed by atoms with Crippen molar-refractivity contribution >= 4 is 23.5 Å². The number of benzene rings is 1. The molecule has 0 radical (unpaired) electrons. The van der Waals surface area contributed by atoms with Crippen LogP contribution in [0.15, 0.2) is 24.3 Å². The fraction of sp³-hybridized carbons (Fsp3) is 0.500. The molecule has 2 N–H and O–H groups in total. The molecule has 1 unspecified atom stereocenters. The molecule has 6 nitrogen and oxygen atoms in total. The van der Waals surface area contributed by atoms with Crippen molar-refractivity contribution in [3.05, 3.63) is 29.8 Å². The second-order valence-corrected chi connectivity index (χ2v) is 7.44. The lowest BCUT2D eigenvalue weighted by atomic mass is 9.86. The molecule has 0 saturated carbocycles. The average Bonchev–Trinajstić information content (AvgIpc) is 2.75. The van der Waals surface area contributed by atoms with Gasteiger partial charge in [-0.05, 0) is 23.0 Å². The number of amides is 4. The number of anilines is 1. The first-order valence-corrected chi connectivity index (χ1v) is 8.12. The van der Waals surface area contributed by atoms with Crippen molar-refractivity contribution in [1.29, 1.82) is 0 Å². The van der Waals surface area contributed by atoms with E-state index in [0.717, 1.165) is 10.5 Å². The number of carbonyl (C=O) groups is 3. The van der Waals surface area contributed by atoms with E-state index in [0.29, 0.717) is 5.69 Å². The summed E-state index contributed by atoms with van der Waals surface area (Å²) in [5, 5.41) is 5.43. The normalized spacial score (nSPS) is 18.1. The monoisotopic (exact) mass is 331 g/mol. The van der Waals surface area contributed by atoms with Gasteiger partial charge in [0.15, 0.2) is 0 Å². The molecule has 4 amide bonds. The first-order valence-electron chi connectivity index (χ1n) is 8.12. The largest absolute Gasteiger partial charge is 0.326 e. The van der Waals surface area contributed by atoms with Gasteiger partial charge in [0.25, 0.3) is 5.91 Å². The highest BCUT2D eigenvalue weighted by Gasteiger charge is 2.40. The molecule has 1 aliphatic rings. The summed E-state index contributed by atoms with van der Waals surface area (Å²) in [7, 11) is 0. The van der Waals surface area contributed by atoms with Crippen molar-refractivity contribution in [3.8, 4) is 0 Å². The number of nitrogens with one attached hydrogen (secondary N) is 2. The molecule has 1 fully saturated rings. The fourth-order valence-corrected chi connectivity index (χ4v) is 2.72. The molecule has 0 aliphatic carbocycles. The fourth-order valence-electron chi connectivity index (χ4n) is 2.72. The van der Waals surface area contributed by atoms with Gasteiger partial charge in [0.05, 0.1) is 0 Å². The molecule has 24 heavy (non-hydrogen) atoms. The molecule has 2 rings (SSSR count). The Hall–Kier alpha value is -2.37. The van der Waals surface area contributed by atoms with E-state index in [-0.39, 0.29) is 29.7 Å². The summed E-state index contributed by atoms with van der Waals surface area (Å²) in [5.74, 6) is -0.759. The van der Waals surface area contributed by atoms with Crippen molar-refractivity contribution in [2.45, 2.75) is 46.1 Å². The summed E-state index contributed by atoms with van der Waals surface area (Å²) in [6.45, 7) is 9.60. The molecule has 1 aromatic rings. The quantitative estimate of drug-likeness (QED) is 0.832. The second-order valence-electron chi connectivity index (χ2n) is 7.44. The topological polar surface area (TPSA) is 78.5 Å². The first-order chi connectivity index (χ1) is 11.1. The zero-order valence-electron chi connectivity index (χ0n) is 14.8. The molecule has 130 valence electrons. The number of rotatable bonds is 4. The van der Waals surface area contributed by atoms with E-state index in [1.807, 2.05) is 38.1 Å². The van der Waals surface area contributed by atoms with Crippen LogP contribution in [0.25, 0.3) is 0 Å². The van der Waals surface area contributed by atoms with Crippen LogP contribution in [-0.4, -0.2) is 35.3 Å². The van der Waals surface area contributed by atoms with Crippen LogP contribution < -0.4 is 10.6 Å². The van der Waals surface area contributed by atoms with Crippen LogP contribution in [0.3, 0.4) is 0 Å². The zero-order valence-corrected chi connectivity index (χ0v) is 14.8. The maximum Gasteiger partial charge on any atom is 0.325 e.